The molecule has 0 radical (unpaired) electrons. The zero-order valence-corrected chi connectivity index (χ0v) is 16.2. The Kier molecular flexibility index (Phi) is 3.67. The van der Waals surface area contributed by atoms with Crippen molar-refractivity contribution in [3.05, 3.63) is 114 Å². The lowest BCUT2D eigenvalue weighted by Gasteiger charge is -2.11. The van der Waals surface area contributed by atoms with Crippen molar-refractivity contribution in [3.8, 4) is 11.3 Å². The zero-order valence-electron chi connectivity index (χ0n) is 16.2. The zero-order chi connectivity index (χ0) is 19.2. The van der Waals surface area contributed by atoms with Crippen molar-refractivity contribution in [2.45, 2.75) is 12.8 Å². The quantitative estimate of drug-likeness (QED) is 0.324. The normalized spacial score (nSPS) is 13.0. The van der Waals surface area contributed by atoms with Crippen LogP contribution in [0.3, 0.4) is 0 Å². The Morgan fingerprint density at radius 3 is 2.17 bits per heavy atom. The van der Waals surface area contributed by atoms with Gasteiger partial charge in [-0.3, -0.25) is 0 Å². The van der Waals surface area contributed by atoms with Gasteiger partial charge in [0.25, 0.3) is 0 Å². The molecule has 1 nitrogen and oxygen atoms in total. The Bertz CT molecular complexity index is 1350. The first-order valence-electron chi connectivity index (χ1n) is 10.2. The summed E-state index contributed by atoms with van der Waals surface area (Å²) < 4.78 is 0. The maximum atomic E-state index is 3.73. The van der Waals surface area contributed by atoms with Gasteiger partial charge in [-0.25, -0.2) is 0 Å². The van der Waals surface area contributed by atoms with E-state index in [-0.39, 0.29) is 0 Å². The summed E-state index contributed by atoms with van der Waals surface area (Å²) in [6.45, 7) is 0. The molecule has 4 aromatic carbocycles. The first-order chi connectivity index (χ1) is 14.4. The van der Waals surface area contributed by atoms with Crippen molar-refractivity contribution < 1.29 is 0 Å². The standard InChI is InChI=1S/C28H21N/c1-4-10-24-19(7-1)13-14-22(24)18-23-15-16-27(29-23)28-25-11-5-2-8-20(25)17-21-9-3-6-12-26(21)28/h1-12,14-17,29H,13,18H2. The van der Waals surface area contributed by atoms with Crippen molar-refractivity contribution >= 4 is 27.1 Å². The van der Waals surface area contributed by atoms with Crippen LogP contribution in [0.15, 0.2) is 97.1 Å². The molecule has 1 aliphatic rings. The molecule has 0 atom stereocenters. The second-order valence-corrected chi connectivity index (χ2v) is 7.86. The second-order valence-electron chi connectivity index (χ2n) is 7.86. The number of fused-ring (bicyclic) bond motifs is 3. The summed E-state index contributed by atoms with van der Waals surface area (Å²) in [5, 5.41) is 5.16. The highest BCUT2D eigenvalue weighted by Crippen LogP contribution is 2.36. The fourth-order valence-corrected chi connectivity index (χ4v) is 4.72. The van der Waals surface area contributed by atoms with E-state index in [9.17, 15) is 0 Å². The first kappa shape index (κ1) is 16.4. The molecule has 0 fully saturated rings. The van der Waals surface area contributed by atoms with E-state index in [1.807, 2.05) is 0 Å². The van der Waals surface area contributed by atoms with Crippen LogP contribution in [0.25, 0.3) is 38.4 Å². The lowest BCUT2D eigenvalue weighted by molar-refractivity contribution is 1.17. The Morgan fingerprint density at radius 1 is 0.690 bits per heavy atom. The molecule has 29 heavy (non-hydrogen) atoms. The third-order valence-corrected chi connectivity index (χ3v) is 6.10. The third kappa shape index (κ3) is 2.70. The van der Waals surface area contributed by atoms with Gasteiger partial charge in [0.05, 0.1) is 0 Å². The minimum Gasteiger partial charge on any atom is -0.358 e. The fraction of sp³-hybridized carbons (Fsp3) is 0.0714. The van der Waals surface area contributed by atoms with Crippen molar-refractivity contribution in [2.75, 3.05) is 0 Å². The second kappa shape index (κ2) is 6.49. The average molecular weight is 371 g/mol. The van der Waals surface area contributed by atoms with Crippen LogP contribution >= 0.6 is 0 Å². The molecule has 0 saturated carbocycles. The molecule has 1 aliphatic carbocycles. The van der Waals surface area contributed by atoms with E-state index in [4.69, 9.17) is 0 Å². The van der Waals surface area contributed by atoms with Gasteiger partial charge in [-0.1, -0.05) is 78.9 Å². The molecule has 0 unspecified atom stereocenters. The van der Waals surface area contributed by atoms with Gasteiger partial charge in [0.15, 0.2) is 0 Å². The van der Waals surface area contributed by atoms with Crippen LogP contribution in [0, 0.1) is 0 Å². The van der Waals surface area contributed by atoms with Gasteiger partial charge in [0.2, 0.25) is 0 Å². The number of allylic oxidation sites excluding steroid dienone is 2. The van der Waals surface area contributed by atoms with E-state index < -0.39 is 0 Å². The molecule has 0 bridgehead atoms. The van der Waals surface area contributed by atoms with E-state index in [0.29, 0.717) is 0 Å². The van der Waals surface area contributed by atoms with Gasteiger partial charge < -0.3 is 4.98 Å². The number of nitrogens with one attached hydrogen (secondary N) is 1. The van der Waals surface area contributed by atoms with Gasteiger partial charge in [-0.15, -0.1) is 0 Å². The highest BCUT2D eigenvalue weighted by molar-refractivity contribution is 6.12. The predicted octanol–water partition coefficient (Wildman–Crippen LogP) is 7.17. The van der Waals surface area contributed by atoms with Crippen molar-refractivity contribution in [1.29, 1.82) is 0 Å². The molecular weight excluding hydrogens is 350 g/mol. The molecule has 0 amide bonds. The number of aromatic amines is 1. The molecule has 0 aliphatic heterocycles. The van der Waals surface area contributed by atoms with Crippen molar-refractivity contribution in [1.82, 2.24) is 4.98 Å². The number of H-pyrrole nitrogens is 1. The number of benzene rings is 4. The molecule has 5 aromatic rings. The smallest absolute Gasteiger partial charge is 0.0468 e. The number of hydrogen-bond donors (Lipinski definition) is 1. The number of hydrogen-bond acceptors (Lipinski definition) is 0. The lowest BCUT2D eigenvalue weighted by atomic mass is 9.95. The molecule has 1 N–H and O–H groups in total. The third-order valence-electron chi connectivity index (χ3n) is 6.10. The Balaban J connectivity index is 1.46. The van der Waals surface area contributed by atoms with Gasteiger partial charge >= 0.3 is 0 Å². The molecule has 6 rings (SSSR count). The van der Waals surface area contributed by atoms with E-state index in [0.717, 1.165) is 12.8 Å². The summed E-state index contributed by atoms with van der Waals surface area (Å²) in [7, 11) is 0. The van der Waals surface area contributed by atoms with Crippen LogP contribution in [0.4, 0.5) is 0 Å². The van der Waals surface area contributed by atoms with E-state index in [1.165, 1.54) is 55.2 Å². The largest absolute Gasteiger partial charge is 0.358 e. The molecule has 1 aromatic heterocycles. The summed E-state index contributed by atoms with van der Waals surface area (Å²) in [6, 6.07) is 32.9. The van der Waals surface area contributed by atoms with E-state index in [2.05, 4.69) is 102 Å². The minimum atomic E-state index is 0.944. The molecule has 1 heterocycles. The minimum absolute atomic E-state index is 0.944. The summed E-state index contributed by atoms with van der Waals surface area (Å²) in [4.78, 5) is 3.73. The van der Waals surface area contributed by atoms with Crippen LogP contribution in [0.2, 0.25) is 0 Å². The van der Waals surface area contributed by atoms with Gasteiger partial charge in [-0.05, 0) is 62.9 Å². The van der Waals surface area contributed by atoms with Crippen LogP contribution in [0.5, 0.6) is 0 Å². The Morgan fingerprint density at radius 2 is 1.38 bits per heavy atom. The molecule has 1 heteroatoms. The van der Waals surface area contributed by atoms with Crippen LogP contribution in [0.1, 0.15) is 16.8 Å². The average Bonchev–Trinajstić information content (AvgIpc) is 3.40. The van der Waals surface area contributed by atoms with E-state index >= 15 is 0 Å². The van der Waals surface area contributed by atoms with Gasteiger partial charge in [0, 0.05) is 23.4 Å². The Labute approximate surface area is 170 Å². The number of aromatic nitrogens is 1. The predicted molar refractivity (Wildman–Crippen MR) is 123 cm³/mol. The van der Waals surface area contributed by atoms with Crippen LogP contribution in [-0.4, -0.2) is 4.98 Å². The fourth-order valence-electron chi connectivity index (χ4n) is 4.72. The summed E-state index contributed by atoms with van der Waals surface area (Å²) in [6.07, 6.45) is 4.37. The van der Waals surface area contributed by atoms with Gasteiger partial charge in [-0.2, -0.15) is 0 Å². The summed E-state index contributed by atoms with van der Waals surface area (Å²) in [5.74, 6) is 0. The topological polar surface area (TPSA) is 15.8 Å². The molecular formula is C28H21N. The molecule has 0 spiro atoms. The SMILES string of the molecule is C1=C(Cc2ccc(-c3c4ccccc4cc4ccccc34)[nH]2)c2ccccc2C1. The summed E-state index contributed by atoms with van der Waals surface area (Å²) >= 11 is 0. The summed E-state index contributed by atoms with van der Waals surface area (Å²) in [5.41, 5.74) is 8.02. The highest BCUT2D eigenvalue weighted by atomic mass is 14.7. The van der Waals surface area contributed by atoms with Crippen molar-refractivity contribution in [3.63, 3.8) is 0 Å². The molecule has 0 saturated heterocycles. The first-order valence-corrected chi connectivity index (χ1v) is 10.2. The lowest BCUT2D eigenvalue weighted by Crippen LogP contribution is -1.91. The maximum absolute atomic E-state index is 3.73. The molecule has 138 valence electrons. The Hall–Kier alpha value is -3.58. The number of rotatable bonds is 3. The monoisotopic (exact) mass is 371 g/mol. The van der Waals surface area contributed by atoms with Crippen LogP contribution in [-0.2, 0) is 12.8 Å². The maximum Gasteiger partial charge on any atom is 0.0468 e. The van der Waals surface area contributed by atoms with Gasteiger partial charge in [0.1, 0.15) is 0 Å². The van der Waals surface area contributed by atoms with E-state index in [1.54, 1.807) is 0 Å². The highest BCUT2D eigenvalue weighted by Gasteiger charge is 2.15. The van der Waals surface area contributed by atoms with Crippen LogP contribution < -0.4 is 0 Å². The van der Waals surface area contributed by atoms with Crippen molar-refractivity contribution in [2.24, 2.45) is 0 Å².